The van der Waals surface area contributed by atoms with Crippen molar-refractivity contribution in [1.82, 2.24) is 14.8 Å². The molecule has 0 saturated heterocycles. The van der Waals surface area contributed by atoms with Gasteiger partial charge in [-0.05, 0) is 24.1 Å². The maximum absolute atomic E-state index is 10.8. The third-order valence-corrected chi connectivity index (χ3v) is 3.99. The molecule has 0 atom stereocenters. The van der Waals surface area contributed by atoms with Crippen molar-refractivity contribution in [3.63, 3.8) is 0 Å². The number of carboxylic acid groups (broad SMARTS) is 1. The molecule has 0 unspecified atom stereocenters. The van der Waals surface area contributed by atoms with Crippen LogP contribution in [0.5, 0.6) is 0 Å². The van der Waals surface area contributed by atoms with Gasteiger partial charge in [0.15, 0.2) is 5.16 Å². The molecule has 1 heterocycles. The van der Waals surface area contributed by atoms with Crippen molar-refractivity contribution >= 4 is 17.7 Å². The van der Waals surface area contributed by atoms with Crippen LogP contribution in [0.2, 0.25) is 0 Å². The summed E-state index contributed by atoms with van der Waals surface area (Å²) in [7, 11) is 0. The predicted molar refractivity (Wildman–Crippen MR) is 83.2 cm³/mol. The van der Waals surface area contributed by atoms with Gasteiger partial charge in [-0.2, -0.15) is 0 Å². The Hall–Kier alpha value is -1.82. The molecule has 0 fully saturated rings. The summed E-state index contributed by atoms with van der Waals surface area (Å²) in [5.41, 5.74) is 2.21. The van der Waals surface area contributed by atoms with Gasteiger partial charge in [-0.3, -0.25) is 9.36 Å². The molecule has 0 spiro atoms. The normalized spacial score (nSPS) is 11.0. The molecule has 1 aromatic carbocycles. The van der Waals surface area contributed by atoms with Crippen LogP contribution in [-0.2, 0) is 11.2 Å². The standard InChI is InChI=1S/C15H19N3O2S/c1-4-11-6-5-7-12(8-11)18-14(10(2)3)16-17-15(18)21-9-13(19)20/h5-8,10H,4,9H2,1-3H3,(H,19,20). The number of nitrogens with zero attached hydrogens (tertiary/aromatic N) is 3. The van der Waals surface area contributed by atoms with Gasteiger partial charge in [0, 0.05) is 11.6 Å². The summed E-state index contributed by atoms with van der Waals surface area (Å²) >= 11 is 1.19. The molecular formula is C15H19N3O2S. The van der Waals surface area contributed by atoms with E-state index in [1.165, 1.54) is 17.3 Å². The molecule has 0 saturated carbocycles. The fourth-order valence-electron chi connectivity index (χ4n) is 2.03. The second kappa shape index (κ2) is 6.76. The van der Waals surface area contributed by atoms with Crippen LogP contribution in [0.25, 0.3) is 5.69 Å². The Morgan fingerprint density at radius 3 is 2.76 bits per heavy atom. The molecule has 0 bridgehead atoms. The first-order valence-electron chi connectivity index (χ1n) is 6.92. The highest BCUT2D eigenvalue weighted by Gasteiger charge is 2.17. The van der Waals surface area contributed by atoms with E-state index in [2.05, 4.69) is 43.1 Å². The molecule has 0 radical (unpaired) electrons. The van der Waals surface area contributed by atoms with E-state index in [1.807, 2.05) is 16.7 Å². The predicted octanol–water partition coefficient (Wildman–Crippen LogP) is 3.13. The number of aryl methyl sites for hydroxylation is 1. The SMILES string of the molecule is CCc1cccc(-n2c(SCC(=O)O)nnc2C(C)C)c1. The molecule has 2 aromatic rings. The molecule has 0 amide bonds. The van der Waals surface area contributed by atoms with Crippen LogP contribution in [0.1, 0.15) is 38.1 Å². The van der Waals surface area contributed by atoms with Crippen LogP contribution in [0.15, 0.2) is 29.4 Å². The molecule has 5 nitrogen and oxygen atoms in total. The molecule has 1 aromatic heterocycles. The molecule has 2 rings (SSSR count). The highest BCUT2D eigenvalue weighted by molar-refractivity contribution is 7.99. The minimum Gasteiger partial charge on any atom is -0.481 e. The average molecular weight is 305 g/mol. The molecule has 112 valence electrons. The van der Waals surface area contributed by atoms with E-state index < -0.39 is 5.97 Å². The fraction of sp³-hybridized carbons (Fsp3) is 0.400. The number of aromatic nitrogens is 3. The number of hydrogen-bond donors (Lipinski definition) is 1. The Morgan fingerprint density at radius 1 is 1.38 bits per heavy atom. The quantitative estimate of drug-likeness (QED) is 0.830. The Balaban J connectivity index is 2.47. The van der Waals surface area contributed by atoms with Crippen molar-refractivity contribution in [3.8, 4) is 5.69 Å². The molecule has 0 aliphatic rings. The van der Waals surface area contributed by atoms with Crippen LogP contribution in [0.3, 0.4) is 0 Å². The van der Waals surface area contributed by atoms with Crippen LogP contribution in [0, 0.1) is 0 Å². The lowest BCUT2D eigenvalue weighted by Gasteiger charge is -2.12. The number of aliphatic carboxylic acids is 1. The zero-order chi connectivity index (χ0) is 15.4. The lowest BCUT2D eigenvalue weighted by Crippen LogP contribution is -2.06. The van der Waals surface area contributed by atoms with Crippen LogP contribution in [-0.4, -0.2) is 31.6 Å². The summed E-state index contributed by atoms with van der Waals surface area (Å²) in [6, 6.07) is 8.18. The van der Waals surface area contributed by atoms with Gasteiger partial charge in [0.05, 0.1) is 5.75 Å². The smallest absolute Gasteiger partial charge is 0.313 e. The van der Waals surface area contributed by atoms with Crippen LogP contribution >= 0.6 is 11.8 Å². The largest absolute Gasteiger partial charge is 0.481 e. The molecular weight excluding hydrogens is 286 g/mol. The van der Waals surface area contributed by atoms with Crippen molar-refractivity contribution in [1.29, 1.82) is 0 Å². The molecule has 1 N–H and O–H groups in total. The van der Waals surface area contributed by atoms with E-state index in [0.29, 0.717) is 5.16 Å². The fourth-order valence-corrected chi connectivity index (χ4v) is 2.71. The Bertz CT molecular complexity index is 638. The monoisotopic (exact) mass is 305 g/mol. The van der Waals surface area contributed by atoms with Crippen molar-refractivity contribution in [2.45, 2.75) is 38.3 Å². The van der Waals surface area contributed by atoms with Crippen molar-refractivity contribution < 1.29 is 9.90 Å². The van der Waals surface area contributed by atoms with Crippen LogP contribution in [0.4, 0.5) is 0 Å². The minimum absolute atomic E-state index is 0.0241. The third kappa shape index (κ3) is 3.64. The summed E-state index contributed by atoms with van der Waals surface area (Å²) in [5, 5.41) is 17.9. The number of thioether (sulfide) groups is 1. The summed E-state index contributed by atoms with van der Waals surface area (Å²) in [6.07, 6.45) is 0.949. The molecule has 0 aliphatic carbocycles. The average Bonchev–Trinajstić information content (AvgIpc) is 2.89. The lowest BCUT2D eigenvalue weighted by molar-refractivity contribution is -0.133. The van der Waals surface area contributed by atoms with Gasteiger partial charge in [-0.1, -0.05) is 44.7 Å². The second-order valence-electron chi connectivity index (χ2n) is 5.04. The first-order chi connectivity index (χ1) is 10.0. The maximum Gasteiger partial charge on any atom is 0.313 e. The highest BCUT2D eigenvalue weighted by atomic mass is 32.2. The Kier molecular flexibility index (Phi) is 5.01. The number of benzene rings is 1. The zero-order valence-corrected chi connectivity index (χ0v) is 13.2. The number of hydrogen-bond acceptors (Lipinski definition) is 4. The van der Waals surface area contributed by atoms with E-state index >= 15 is 0 Å². The first-order valence-corrected chi connectivity index (χ1v) is 7.90. The summed E-state index contributed by atoms with van der Waals surface area (Å²) in [4.78, 5) is 10.8. The zero-order valence-electron chi connectivity index (χ0n) is 12.4. The maximum atomic E-state index is 10.8. The van der Waals surface area contributed by atoms with E-state index in [0.717, 1.165) is 17.9 Å². The van der Waals surface area contributed by atoms with Gasteiger partial charge in [0.1, 0.15) is 5.82 Å². The van der Waals surface area contributed by atoms with E-state index in [-0.39, 0.29) is 11.7 Å². The van der Waals surface area contributed by atoms with Gasteiger partial charge in [0.2, 0.25) is 0 Å². The van der Waals surface area contributed by atoms with Gasteiger partial charge in [-0.25, -0.2) is 0 Å². The van der Waals surface area contributed by atoms with Crippen LogP contribution < -0.4 is 0 Å². The Labute approximate surface area is 128 Å². The second-order valence-corrected chi connectivity index (χ2v) is 5.98. The highest BCUT2D eigenvalue weighted by Crippen LogP contribution is 2.26. The first kappa shape index (κ1) is 15.6. The Morgan fingerprint density at radius 2 is 2.14 bits per heavy atom. The lowest BCUT2D eigenvalue weighted by atomic mass is 10.1. The molecule has 0 aliphatic heterocycles. The van der Waals surface area contributed by atoms with E-state index in [4.69, 9.17) is 5.11 Å². The van der Waals surface area contributed by atoms with Crippen molar-refractivity contribution in [2.75, 3.05) is 5.75 Å². The molecule has 21 heavy (non-hydrogen) atoms. The van der Waals surface area contributed by atoms with Gasteiger partial charge < -0.3 is 5.11 Å². The summed E-state index contributed by atoms with van der Waals surface area (Å²) in [6.45, 7) is 6.21. The third-order valence-electron chi connectivity index (χ3n) is 3.08. The topological polar surface area (TPSA) is 68.0 Å². The van der Waals surface area contributed by atoms with Gasteiger partial charge in [-0.15, -0.1) is 10.2 Å². The van der Waals surface area contributed by atoms with E-state index in [9.17, 15) is 4.79 Å². The summed E-state index contributed by atoms with van der Waals surface area (Å²) in [5.74, 6) is 0.171. The number of carbonyl (C=O) groups is 1. The molecule has 6 heteroatoms. The number of rotatable bonds is 6. The van der Waals surface area contributed by atoms with Crippen molar-refractivity contribution in [2.24, 2.45) is 0 Å². The van der Waals surface area contributed by atoms with Crippen molar-refractivity contribution in [3.05, 3.63) is 35.7 Å². The minimum atomic E-state index is -0.858. The van der Waals surface area contributed by atoms with Gasteiger partial charge in [0.25, 0.3) is 0 Å². The number of carboxylic acids is 1. The summed E-state index contributed by atoms with van der Waals surface area (Å²) < 4.78 is 1.96. The van der Waals surface area contributed by atoms with E-state index in [1.54, 1.807) is 0 Å². The van der Waals surface area contributed by atoms with Gasteiger partial charge >= 0.3 is 5.97 Å².